The fourth-order valence-corrected chi connectivity index (χ4v) is 5.27. The first kappa shape index (κ1) is 41.4. The van der Waals surface area contributed by atoms with Crippen molar-refractivity contribution >= 4 is 23.7 Å². The Bertz CT molecular complexity index is 1750. The monoisotopic (exact) mass is 688 g/mol. The molecule has 0 saturated carbocycles. The molecular formula is C44H48O7. The largest absolute Gasteiger partial charge is 0.478 e. The Morgan fingerprint density at radius 1 is 0.451 bits per heavy atom. The van der Waals surface area contributed by atoms with Crippen molar-refractivity contribution in [2.75, 3.05) is 0 Å². The molecule has 5 rings (SSSR count). The molecule has 0 aliphatic rings. The predicted molar refractivity (Wildman–Crippen MR) is 203 cm³/mol. The van der Waals surface area contributed by atoms with Gasteiger partial charge in [0.05, 0.1) is 16.7 Å². The van der Waals surface area contributed by atoms with E-state index >= 15 is 0 Å². The molecule has 0 aromatic heterocycles. The molecule has 0 aliphatic carbocycles. The number of Topliss-reactive ketones (excluding diaryl/α,β-unsaturated/α-hetero) is 1. The molecule has 51 heavy (non-hydrogen) atoms. The first-order valence-electron chi connectivity index (χ1n) is 16.4. The normalized spacial score (nSPS) is 9.82. The highest BCUT2D eigenvalue weighted by Gasteiger charge is 2.08. The van der Waals surface area contributed by atoms with E-state index in [4.69, 9.17) is 14.9 Å². The van der Waals surface area contributed by atoms with Gasteiger partial charge in [0.25, 0.3) is 0 Å². The fraction of sp³-hybridized carbons (Fsp3) is 0.227. The first-order valence-corrected chi connectivity index (χ1v) is 16.4. The van der Waals surface area contributed by atoms with Crippen molar-refractivity contribution in [3.05, 3.63) is 175 Å². The number of aromatic carboxylic acids is 2. The van der Waals surface area contributed by atoms with E-state index in [1.54, 1.807) is 31.2 Å². The van der Waals surface area contributed by atoms with Gasteiger partial charge in [-0.05, 0) is 116 Å². The lowest BCUT2D eigenvalue weighted by Crippen LogP contribution is -2.05. The second kappa shape index (κ2) is 20.0. The average molecular weight is 689 g/mol. The van der Waals surface area contributed by atoms with Gasteiger partial charge >= 0.3 is 17.9 Å². The number of ketones is 1. The molecule has 0 fully saturated rings. The summed E-state index contributed by atoms with van der Waals surface area (Å²) in [5.41, 5.74) is 11.5. The Morgan fingerprint density at radius 3 is 1.04 bits per heavy atom. The number of esters is 1. The molecule has 266 valence electrons. The predicted octanol–water partition coefficient (Wildman–Crippen LogP) is 10.2. The molecule has 0 heterocycles. The second-order valence-electron chi connectivity index (χ2n) is 12.7. The Morgan fingerprint density at radius 2 is 0.745 bits per heavy atom. The summed E-state index contributed by atoms with van der Waals surface area (Å²) in [6, 6.07) is 31.8. The number of rotatable bonds is 6. The molecule has 5 aromatic carbocycles. The van der Waals surface area contributed by atoms with Crippen molar-refractivity contribution in [1.29, 1.82) is 0 Å². The van der Waals surface area contributed by atoms with E-state index in [0.29, 0.717) is 23.3 Å². The Hall–Kier alpha value is -5.82. The maximum atomic E-state index is 11.9. The van der Waals surface area contributed by atoms with Gasteiger partial charge in [-0.15, -0.1) is 0 Å². The molecule has 7 heteroatoms. The van der Waals surface area contributed by atoms with Crippen molar-refractivity contribution in [3.63, 3.8) is 0 Å². The van der Waals surface area contributed by atoms with Gasteiger partial charge in [-0.3, -0.25) is 4.79 Å². The summed E-state index contributed by atoms with van der Waals surface area (Å²) in [6.07, 6.45) is 0. The third-order valence-corrected chi connectivity index (χ3v) is 7.24. The SMILES string of the molecule is CC(=O)c1cc(C)cc(C)c1.Cc1cc(C)cc(C(=O)O)c1.Cc1cc(C)cc(C(=O)O)c1.Cc1cc(C)cc(C(=O)OCc2ccccc2)c1. The molecule has 0 aliphatic heterocycles. The number of ether oxygens (including phenoxy) is 1. The molecule has 2 N–H and O–H groups in total. The fourth-order valence-electron chi connectivity index (χ4n) is 5.27. The lowest BCUT2D eigenvalue weighted by molar-refractivity contribution is 0.0471. The molecule has 5 aromatic rings. The van der Waals surface area contributed by atoms with Gasteiger partial charge in [0, 0.05) is 5.56 Å². The van der Waals surface area contributed by atoms with Crippen LogP contribution in [0.3, 0.4) is 0 Å². The number of carboxylic acid groups (broad SMARTS) is 2. The van der Waals surface area contributed by atoms with Crippen LogP contribution in [-0.2, 0) is 11.3 Å². The van der Waals surface area contributed by atoms with E-state index in [1.807, 2.05) is 128 Å². The summed E-state index contributed by atoms with van der Waals surface area (Å²) < 4.78 is 5.29. The molecule has 0 spiro atoms. The number of benzene rings is 5. The van der Waals surface area contributed by atoms with E-state index in [-0.39, 0.29) is 11.8 Å². The van der Waals surface area contributed by atoms with Gasteiger partial charge in [-0.2, -0.15) is 0 Å². The quantitative estimate of drug-likeness (QED) is 0.135. The summed E-state index contributed by atoms with van der Waals surface area (Å²) in [4.78, 5) is 43.9. The van der Waals surface area contributed by atoms with E-state index in [1.165, 1.54) is 0 Å². The van der Waals surface area contributed by atoms with Crippen LogP contribution in [0.15, 0.2) is 103 Å². The smallest absolute Gasteiger partial charge is 0.338 e. The summed E-state index contributed by atoms with van der Waals surface area (Å²) in [7, 11) is 0. The van der Waals surface area contributed by atoms with Crippen molar-refractivity contribution < 1.29 is 34.1 Å². The molecule has 0 unspecified atom stereocenters. The highest BCUT2D eigenvalue weighted by molar-refractivity contribution is 5.94. The molecular weight excluding hydrogens is 640 g/mol. The number of carbonyl (C=O) groups excluding carboxylic acids is 2. The van der Waals surface area contributed by atoms with Crippen LogP contribution in [-0.4, -0.2) is 33.9 Å². The number of aryl methyl sites for hydroxylation is 8. The van der Waals surface area contributed by atoms with Crippen LogP contribution >= 0.6 is 0 Å². The van der Waals surface area contributed by atoms with Gasteiger partial charge in [0.2, 0.25) is 0 Å². The summed E-state index contributed by atoms with van der Waals surface area (Å²) in [5, 5.41) is 17.3. The zero-order chi connectivity index (χ0) is 38.2. The minimum absolute atomic E-state index is 0.136. The summed E-state index contributed by atoms with van der Waals surface area (Å²) >= 11 is 0. The van der Waals surface area contributed by atoms with Gasteiger partial charge in [0.1, 0.15) is 6.61 Å². The second-order valence-corrected chi connectivity index (χ2v) is 12.7. The van der Waals surface area contributed by atoms with Crippen molar-refractivity contribution in [1.82, 2.24) is 0 Å². The van der Waals surface area contributed by atoms with E-state index in [9.17, 15) is 19.2 Å². The van der Waals surface area contributed by atoms with Gasteiger partial charge in [-0.25, -0.2) is 14.4 Å². The van der Waals surface area contributed by atoms with E-state index in [0.717, 1.165) is 55.6 Å². The zero-order valence-corrected chi connectivity index (χ0v) is 31.0. The maximum absolute atomic E-state index is 11.9. The van der Waals surface area contributed by atoms with Gasteiger partial charge in [0.15, 0.2) is 5.78 Å². The van der Waals surface area contributed by atoms with Gasteiger partial charge < -0.3 is 14.9 Å². The summed E-state index contributed by atoms with van der Waals surface area (Å²) in [5.74, 6) is -1.86. The minimum Gasteiger partial charge on any atom is -0.478 e. The van der Waals surface area contributed by atoms with Gasteiger partial charge in [-0.1, -0.05) is 99.1 Å². The van der Waals surface area contributed by atoms with Crippen LogP contribution in [0, 0.1) is 55.4 Å². The number of carboxylic acids is 2. The van der Waals surface area contributed by atoms with Crippen LogP contribution in [0.4, 0.5) is 0 Å². The van der Waals surface area contributed by atoms with E-state index < -0.39 is 11.9 Å². The Kier molecular flexibility index (Phi) is 16.2. The first-order chi connectivity index (χ1) is 23.9. The number of hydrogen-bond donors (Lipinski definition) is 2. The van der Waals surface area contributed by atoms with Crippen molar-refractivity contribution in [2.24, 2.45) is 0 Å². The standard InChI is InChI=1S/C16H16O2.C10H12O.2C9H10O2/c1-12-8-13(2)10-15(9-12)16(17)18-11-14-6-4-3-5-7-14;1-7-4-8(2)6-10(5-7)9(3)11;2*1-6-3-7(2)5-8(4-6)9(10)11/h3-10H,11H2,1-2H3;4-6H,1-3H3;2*3-5H,1-2H3,(H,10,11). The number of hydrogen-bond acceptors (Lipinski definition) is 5. The van der Waals surface area contributed by atoms with Crippen LogP contribution in [0.2, 0.25) is 0 Å². The molecule has 0 bridgehead atoms. The average Bonchev–Trinajstić information content (AvgIpc) is 3.03. The van der Waals surface area contributed by atoms with Crippen molar-refractivity contribution in [3.8, 4) is 0 Å². The highest BCUT2D eigenvalue weighted by atomic mass is 16.5. The Labute approximate surface area is 301 Å². The third kappa shape index (κ3) is 15.5. The van der Waals surface area contributed by atoms with Crippen LogP contribution in [0.5, 0.6) is 0 Å². The van der Waals surface area contributed by atoms with Crippen molar-refractivity contribution in [2.45, 2.75) is 68.9 Å². The molecule has 7 nitrogen and oxygen atoms in total. The lowest BCUT2D eigenvalue weighted by atomic mass is 10.1. The van der Waals surface area contributed by atoms with E-state index in [2.05, 4.69) is 6.07 Å². The molecule has 0 radical (unpaired) electrons. The molecule has 0 atom stereocenters. The highest BCUT2D eigenvalue weighted by Crippen LogP contribution is 2.13. The minimum atomic E-state index is -0.864. The maximum Gasteiger partial charge on any atom is 0.338 e. The summed E-state index contributed by atoms with van der Waals surface area (Å²) in [6.45, 7) is 17.4. The lowest BCUT2D eigenvalue weighted by Gasteiger charge is -2.06. The van der Waals surface area contributed by atoms with Crippen LogP contribution in [0.1, 0.15) is 98.4 Å². The van der Waals surface area contributed by atoms with Crippen LogP contribution in [0.25, 0.3) is 0 Å². The topological polar surface area (TPSA) is 118 Å². The molecule has 0 amide bonds. The number of carbonyl (C=O) groups is 4. The molecule has 0 saturated heterocycles. The Balaban J connectivity index is 0.000000243. The zero-order valence-electron chi connectivity index (χ0n) is 31.0. The third-order valence-electron chi connectivity index (χ3n) is 7.24. The van der Waals surface area contributed by atoms with Crippen LogP contribution < -0.4 is 0 Å².